The van der Waals surface area contributed by atoms with Gasteiger partial charge in [0, 0.05) is 37.3 Å². The van der Waals surface area contributed by atoms with Crippen LogP contribution in [0.5, 0.6) is 0 Å². The number of primary amides is 2. The fraction of sp³-hybridized carbons (Fsp3) is 0.448. The summed E-state index contributed by atoms with van der Waals surface area (Å²) >= 11 is 0. The van der Waals surface area contributed by atoms with Crippen molar-refractivity contribution in [2.75, 3.05) is 18.4 Å². The number of imide groups is 1. The lowest BCUT2D eigenvalue weighted by molar-refractivity contribution is -0.154. The fourth-order valence-electron chi connectivity index (χ4n) is 3.88. The number of nitrogens with zero attached hydrogens (tertiary/aromatic N) is 1. The lowest BCUT2D eigenvalue weighted by Crippen LogP contribution is -2.54. The van der Waals surface area contributed by atoms with Gasteiger partial charge in [0.1, 0.15) is 18.7 Å². The number of hydrogen-bond donors (Lipinski definition) is 6. The molecule has 0 radical (unpaired) electrons. The van der Waals surface area contributed by atoms with Crippen LogP contribution in [0.1, 0.15) is 52.0 Å². The van der Waals surface area contributed by atoms with E-state index in [0.29, 0.717) is 11.3 Å². The third-order valence-corrected chi connectivity index (χ3v) is 6.33. The predicted molar refractivity (Wildman–Crippen MR) is 159 cm³/mol. The minimum absolute atomic E-state index is 0.0299. The molecule has 1 aliphatic rings. The van der Waals surface area contributed by atoms with Crippen LogP contribution in [-0.4, -0.2) is 77.5 Å². The molecule has 8 N–H and O–H groups in total. The van der Waals surface area contributed by atoms with E-state index in [1.54, 1.807) is 45.0 Å². The highest BCUT2D eigenvalue weighted by Crippen LogP contribution is 2.17. The third kappa shape index (κ3) is 12.5. The number of nitrogens with one attached hydrogen (secondary N) is 4. The van der Waals surface area contributed by atoms with Crippen molar-refractivity contribution in [3.05, 3.63) is 42.0 Å². The van der Waals surface area contributed by atoms with Gasteiger partial charge in [0.2, 0.25) is 23.6 Å². The van der Waals surface area contributed by atoms with Gasteiger partial charge in [0.25, 0.3) is 11.8 Å². The Morgan fingerprint density at radius 3 is 2.07 bits per heavy atom. The Morgan fingerprint density at radius 2 is 1.51 bits per heavy atom. The first kappa shape index (κ1) is 35.9. The molecule has 2 rings (SSSR count). The summed E-state index contributed by atoms with van der Waals surface area (Å²) in [6, 6.07) is 3.03. The number of hydrogen-bond acceptors (Lipinski definition) is 9. The molecule has 8 amide bonds. The standard InChI is InChI=1S/C29H39N7O9/c1-29(2,3)27(43)45-16-17-6-8-18(9-7-17)33-25(41)19(5-4-13-32-28(31)44)35-26(42)20(15-21(30)37)34-22(38)12-14-36-23(39)10-11-24(36)40/h6-11,19-20H,4-5,12-16H2,1-3H3,(H2,30,37)(H,33,41)(H,34,38)(H,35,42)(H3,31,32,44)/t19-,20-/m0/s1. The maximum absolute atomic E-state index is 13.2. The second kappa shape index (κ2) is 16.5. The lowest BCUT2D eigenvalue weighted by atomic mass is 9.97. The summed E-state index contributed by atoms with van der Waals surface area (Å²) in [7, 11) is 0. The van der Waals surface area contributed by atoms with E-state index in [-0.39, 0.29) is 44.9 Å². The van der Waals surface area contributed by atoms with E-state index < -0.39 is 65.4 Å². The SMILES string of the molecule is CC(C)(C)C(=O)OCc1ccc(NC(=O)[C@H](CCCNC(N)=O)NC(=O)[C@H](CC(N)=O)NC(=O)CCN2C(=O)C=CC2=O)cc1. The van der Waals surface area contributed by atoms with Crippen LogP contribution in [0.3, 0.4) is 0 Å². The normalized spacial score (nSPS) is 13.9. The largest absolute Gasteiger partial charge is 0.460 e. The van der Waals surface area contributed by atoms with Crippen LogP contribution in [0.2, 0.25) is 0 Å². The summed E-state index contributed by atoms with van der Waals surface area (Å²) in [5, 5.41) is 9.90. The third-order valence-electron chi connectivity index (χ3n) is 6.33. The van der Waals surface area contributed by atoms with Gasteiger partial charge in [0.15, 0.2) is 0 Å². The minimum Gasteiger partial charge on any atom is -0.460 e. The average molecular weight is 630 g/mol. The van der Waals surface area contributed by atoms with Crippen molar-refractivity contribution < 1.29 is 43.1 Å². The molecule has 2 atom stereocenters. The number of benzene rings is 1. The van der Waals surface area contributed by atoms with Crippen LogP contribution >= 0.6 is 0 Å². The Bertz CT molecular complexity index is 1320. The first-order valence-corrected chi connectivity index (χ1v) is 14.1. The van der Waals surface area contributed by atoms with E-state index in [9.17, 15) is 38.4 Å². The first-order chi connectivity index (χ1) is 21.1. The molecule has 0 saturated heterocycles. The van der Waals surface area contributed by atoms with E-state index in [1.807, 2.05) is 0 Å². The maximum Gasteiger partial charge on any atom is 0.312 e. The van der Waals surface area contributed by atoms with E-state index in [2.05, 4.69) is 21.3 Å². The van der Waals surface area contributed by atoms with Gasteiger partial charge in [-0.25, -0.2) is 4.79 Å². The molecule has 244 valence electrons. The summed E-state index contributed by atoms with van der Waals surface area (Å²) in [4.78, 5) is 97.9. The smallest absolute Gasteiger partial charge is 0.312 e. The highest BCUT2D eigenvalue weighted by molar-refractivity contribution is 6.13. The molecule has 1 aliphatic heterocycles. The Hall–Kier alpha value is -5.28. The molecule has 0 unspecified atom stereocenters. The number of urea groups is 1. The molecule has 16 heteroatoms. The van der Waals surface area contributed by atoms with Gasteiger partial charge >= 0.3 is 12.0 Å². The van der Waals surface area contributed by atoms with Gasteiger partial charge in [-0.15, -0.1) is 0 Å². The van der Waals surface area contributed by atoms with E-state index in [4.69, 9.17) is 16.2 Å². The maximum atomic E-state index is 13.2. The molecule has 0 fully saturated rings. The van der Waals surface area contributed by atoms with Gasteiger partial charge in [-0.1, -0.05) is 12.1 Å². The number of carbonyl (C=O) groups is 8. The summed E-state index contributed by atoms with van der Waals surface area (Å²) in [6.45, 7) is 5.08. The highest BCUT2D eigenvalue weighted by atomic mass is 16.5. The molecule has 16 nitrogen and oxygen atoms in total. The molecule has 1 aromatic rings. The molecule has 0 bridgehead atoms. The Kier molecular flexibility index (Phi) is 13.2. The average Bonchev–Trinajstić information content (AvgIpc) is 3.27. The van der Waals surface area contributed by atoms with Gasteiger partial charge in [-0.2, -0.15) is 0 Å². The topological polar surface area (TPSA) is 249 Å². The lowest BCUT2D eigenvalue weighted by Gasteiger charge is -2.23. The van der Waals surface area contributed by atoms with Crippen molar-refractivity contribution in [1.29, 1.82) is 0 Å². The summed E-state index contributed by atoms with van der Waals surface area (Å²) in [5.41, 5.74) is 10.7. The number of nitrogens with two attached hydrogens (primary N) is 2. The van der Waals surface area contributed by atoms with Crippen LogP contribution in [0.25, 0.3) is 0 Å². The van der Waals surface area contributed by atoms with Crippen LogP contribution in [0.4, 0.5) is 10.5 Å². The van der Waals surface area contributed by atoms with Crippen molar-refractivity contribution in [2.45, 2.75) is 65.1 Å². The van der Waals surface area contributed by atoms with E-state index >= 15 is 0 Å². The number of amides is 8. The number of rotatable bonds is 16. The van der Waals surface area contributed by atoms with E-state index in [1.165, 1.54) is 0 Å². The zero-order valence-electron chi connectivity index (χ0n) is 25.3. The summed E-state index contributed by atoms with van der Waals surface area (Å²) < 4.78 is 5.28. The summed E-state index contributed by atoms with van der Waals surface area (Å²) in [6.07, 6.45) is 1.43. The number of esters is 1. The van der Waals surface area contributed by atoms with Crippen LogP contribution in [-0.2, 0) is 44.9 Å². The zero-order chi connectivity index (χ0) is 33.7. The quantitative estimate of drug-likeness (QED) is 0.0769. The molecule has 0 aliphatic carbocycles. The molecule has 45 heavy (non-hydrogen) atoms. The molecule has 0 spiro atoms. The molecule has 1 aromatic carbocycles. The van der Waals surface area contributed by atoms with Crippen molar-refractivity contribution in [3.63, 3.8) is 0 Å². The predicted octanol–water partition coefficient (Wildman–Crippen LogP) is -0.677. The van der Waals surface area contributed by atoms with Gasteiger partial charge in [-0.05, 0) is 51.3 Å². The van der Waals surface area contributed by atoms with Gasteiger partial charge < -0.3 is 37.5 Å². The van der Waals surface area contributed by atoms with Crippen molar-refractivity contribution in [1.82, 2.24) is 20.9 Å². The van der Waals surface area contributed by atoms with Crippen molar-refractivity contribution in [2.24, 2.45) is 16.9 Å². The molecular weight excluding hydrogens is 590 g/mol. The Balaban J connectivity index is 2.07. The Labute approximate surface area is 259 Å². The number of ether oxygens (including phenoxy) is 1. The minimum atomic E-state index is -1.47. The molecule has 1 heterocycles. The molecule has 0 saturated carbocycles. The zero-order valence-corrected chi connectivity index (χ0v) is 25.3. The second-order valence-corrected chi connectivity index (χ2v) is 11.2. The van der Waals surface area contributed by atoms with Gasteiger partial charge in [0.05, 0.1) is 11.8 Å². The first-order valence-electron chi connectivity index (χ1n) is 14.1. The number of anilines is 1. The molecular formula is C29H39N7O9. The summed E-state index contributed by atoms with van der Waals surface area (Å²) in [5.74, 6) is -4.74. The van der Waals surface area contributed by atoms with Gasteiger partial charge in [-0.3, -0.25) is 38.5 Å². The fourth-order valence-corrected chi connectivity index (χ4v) is 3.88. The van der Waals surface area contributed by atoms with Crippen molar-refractivity contribution >= 4 is 53.1 Å². The van der Waals surface area contributed by atoms with Crippen molar-refractivity contribution in [3.8, 4) is 0 Å². The van der Waals surface area contributed by atoms with E-state index in [0.717, 1.165) is 17.1 Å². The second-order valence-electron chi connectivity index (χ2n) is 11.2. The van der Waals surface area contributed by atoms with Crippen LogP contribution in [0.15, 0.2) is 36.4 Å². The molecule has 0 aromatic heterocycles. The van der Waals surface area contributed by atoms with Crippen LogP contribution < -0.4 is 32.7 Å². The highest BCUT2D eigenvalue weighted by Gasteiger charge is 2.29. The van der Waals surface area contributed by atoms with Crippen LogP contribution in [0, 0.1) is 5.41 Å². The number of carbonyl (C=O) groups excluding carboxylic acids is 8. The Morgan fingerprint density at radius 1 is 0.889 bits per heavy atom. The monoisotopic (exact) mass is 629 g/mol.